The van der Waals surface area contributed by atoms with E-state index in [-0.39, 0.29) is 5.84 Å². The highest BCUT2D eigenvalue weighted by Gasteiger charge is 2.97. The van der Waals surface area contributed by atoms with E-state index in [1.807, 2.05) is 0 Å². The van der Waals surface area contributed by atoms with E-state index >= 15 is 0 Å². The first-order valence-corrected chi connectivity index (χ1v) is 7.54. The van der Waals surface area contributed by atoms with Crippen molar-refractivity contribution < 1.29 is 23.9 Å². The molecule has 1 aromatic rings. The van der Waals surface area contributed by atoms with Crippen molar-refractivity contribution in [2.24, 2.45) is 16.6 Å². The van der Waals surface area contributed by atoms with Crippen molar-refractivity contribution in [2.45, 2.75) is 11.8 Å². The van der Waals surface area contributed by atoms with Gasteiger partial charge in [-0.2, -0.15) is 10.5 Å². The van der Waals surface area contributed by atoms with Crippen LogP contribution < -0.4 is 20.2 Å². The molecule has 1 aromatic carbocycles. The number of rotatable bonds is 5. The van der Waals surface area contributed by atoms with Crippen molar-refractivity contribution >= 4 is 5.84 Å². The summed E-state index contributed by atoms with van der Waals surface area (Å²) >= 11 is 0. The van der Waals surface area contributed by atoms with E-state index in [0.717, 1.165) is 0 Å². The van der Waals surface area contributed by atoms with Gasteiger partial charge in [0.15, 0.2) is 22.3 Å². The molecular weight excluding hydrogens is 324 g/mol. The first-order chi connectivity index (χ1) is 12.0. The Balaban J connectivity index is 2.21. The highest BCUT2D eigenvalue weighted by atomic mass is 16.7. The Labute approximate surface area is 145 Å². The molecule has 1 saturated carbocycles. The zero-order chi connectivity index (χ0) is 18.5. The topological polar surface area (TPSA) is 124 Å². The first-order valence-electron chi connectivity index (χ1n) is 7.54. The predicted molar refractivity (Wildman–Crippen MR) is 85.3 cm³/mol. The van der Waals surface area contributed by atoms with Gasteiger partial charge in [0.2, 0.25) is 0 Å². The molecule has 1 heterocycles. The molecule has 3 atom stereocenters. The van der Waals surface area contributed by atoms with E-state index in [1.165, 1.54) is 28.4 Å². The second kappa shape index (κ2) is 5.35. The molecule has 0 spiro atoms. The maximum atomic E-state index is 10.0. The Bertz CT molecular complexity index is 836. The molecule has 1 aliphatic carbocycles. The summed E-state index contributed by atoms with van der Waals surface area (Å²) < 4.78 is 21.5. The van der Waals surface area contributed by atoms with Gasteiger partial charge in [-0.15, -0.1) is 0 Å². The number of amidine groups is 1. The number of nitrogens with one attached hydrogen (secondary N) is 1. The summed E-state index contributed by atoms with van der Waals surface area (Å²) in [6.45, 7) is 0. The fourth-order valence-corrected chi connectivity index (χ4v) is 4.15. The van der Waals surface area contributed by atoms with E-state index in [4.69, 9.17) is 24.7 Å². The highest BCUT2D eigenvalue weighted by Crippen LogP contribution is 2.78. The highest BCUT2D eigenvalue weighted by molar-refractivity contribution is 5.95. The van der Waals surface area contributed by atoms with Crippen molar-refractivity contribution in [3.63, 3.8) is 0 Å². The van der Waals surface area contributed by atoms with Crippen molar-refractivity contribution in [1.82, 2.24) is 0 Å². The summed E-state index contributed by atoms with van der Waals surface area (Å²) in [5.74, 6) is -0.859. The molecule has 0 saturated heterocycles. The van der Waals surface area contributed by atoms with E-state index in [2.05, 4.69) is 17.1 Å². The second-order valence-electron chi connectivity index (χ2n) is 5.95. The lowest BCUT2D eigenvalue weighted by Gasteiger charge is -2.26. The summed E-state index contributed by atoms with van der Waals surface area (Å²) in [6.07, 6.45) is 0. The van der Waals surface area contributed by atoms with Gasteiger partial charge in [-0.1, -0.05) is 6.07 Å². The van der Waals surface area contributed by atoms with Crippen LogP contribution in [0.4, 0.5) is 0 Å². The van der Waals surface area contributed by atoms with E-state index in [9.17, 15) is 10.5 Å². The Kier molecular flexibility index (Phi) is 3.64. The fraction of sp³-hybridized carbons (Fsp3) is 0.471. The van der Waals surface area contributed by atoms with Crippen LogP contribution in [0.15, 0.2) is 18.2 Å². The van der Waals surface area contributed by atoms with Gasteiger partial charge in [0.05, 0.1) is 26.4 Å². The summed E-state index contributed by atoms with van der Waals surface area (Å²) in [5, 5.41) is 19.9. The molecule has 8 heteroatoms. The Morgan fingerprint density at radius 2 is 1.68 bits per heavy atom. The maximum absolute atomic E-state index is 10.0. The lowest BCUT2D eigenvalue weighted by molar-refractivity contribution is -0.687. The van der Waals surface area contributed by atoms with Gasteiger partial charge in [-0.3, -0.25) is 5.73 Å². The van der Waals surface area contributed by atoms with Gasteiger partial charge in [0.1, 0.15) is 0 Å². The number of hydrogen-bond donors (Lipinski definition) is 2. The van der Waals surface area contributed by atoms with Crippen LogP contribution >= 0.6 is 0 Å². The zero-order valence-corrected chi connectivity index (χ0v) is 14.4. The van der Waals surface area contributed by atoms with Crippen molar-refractivity contribution in [1.29, 1.82) is 10.5 Å². The second-order valence-corrected chi connectivity index (χ2v) is 5.95. The van der Waals surface area contributed by atoms with E-state index in [1.54, 1.807) is 18.2 Å². The molecule has 0 amide bonds. The van der Waals surface area contributed by atoms with Crippen molar-refractivity contribution in [3.8, 4) is 23.6 Å². The van der Waals surface area contributed by atoms with Crippen LogP contribution in [0.2, 0.25) is 0 Å². The van der Waals surface area contributed by atoms with Crippen LogP contribution in [-0.2, 0) is 9.47 Å². The van der Waals surface area contributed by atoms with Gasteiger partial charge >= 0.3 is 5.91 Å². The lowest BCUT2D eigenvalue weighted by atomic mass is 9.93. The van der Waals surface area contributed by atoms with Gasteiger partial charge in [0.25, 0.3) is 5.84 Å². The third-order valence-corrected chi connectivity index (χ3v) is 5.32. The maximum Gasteiger partial charge on any atom is 0.342 e. The average Bonchev–Trinajstić information content (AvgIpc) is 3.23. The van der Waals surface area contributed by atoms with Gasteiger partial charge in [-0.25, -0.2) is 4.99 Å². The van der Waals surface area contributed by atoms with Gasteiger partial charge < -0.3 is 18.9 Å². The van der Waals surface area contributed by atoms with Gasteiger partial charge in [-0.05, 0) is 17.7 Å². The Morgan fingerprint density at radius 3 is 2.16 bits per heavy atom. The summed E-state index contributed by atoms with van der Waals surface area (Å²) in [6, 6.07) is 9.70. The monoisotopic (exact) mass is 343 g/mol. The minimum Gasteiger partial charge on any atom is -0.493 e. The molecule has 0 unspecified atom stereocenters. The summed E-state index contributed by atoms with van der Waals surface area (Å²) in [5.41, 5.74) is 4.23. The molecule has 0 aromatic heterocycles. The van der Waals surface area contributed by atoms with E-state index < -0.39 is 22.7 Å². The SMILES string of the molecule is COc1ccc([C@H]2[C@]3(C#N)C(N)=[NH+]C(OC)(OC)[C@]23C#N)cc1OC. The van der Waals surface area contributed by atoms with E-state index in [0.29, 0.717) is 17.1 Å². The molecule has 0 bridgehead atoms. The minimum absolute atomic E-state index is 0.153. The summed E-state index contributed by atoms with van der Waals surface area (Å²) in [7, 11) is 5.86. The molecule has 0 radical (unpaired) electrons. The molecule has 3 N–H and O–H groups in total. The number of nitriles is 2. The smallest absolute Gasteiger partial charge is 0.342 e. The van der Waals surface area contributed by atoms with Gasteiger partial charge in [0, 0.05) is 20.1 Å². The number of methoxy groups -OCH3 is 4. The van der Waals surface area contributed by atoms with Crippen LogP contribution in [0.1, 0.15) is 11.5 Å². The quantitative estimate of drug-likeness (QED) is 0.672. The zero-order valence-electron chi connectivity index (χ0n) is 14.4. The third kappa shape index (κ3) is 1.63. The average molecular weight is 343 g/mol. The number of nitrogens with zero attached hydrogens (tertiary/aromatic N) is 2. The van der Waals surface area contributed by atoms with Crippen LogP contribution in [-0.4, -0.2) is 40.2 Å². The summed E-state index contributed by atoms with van der Waals surface area (Å²) in [4.78, 5) is 2.85. The number of hydrogen-bond acceptors (Lipinski definition) is 7. The fourth-order valence-electron chi connectivity index (χ4n) is 4.15. The molecule has 25 heavy (non-hydrogen) atoms. The third-order valence-electron chi connectivity index (χ3n) is 5.32. The molecule has 8 nitrogen and oxygen atoms in total. The number of nitrogens with two attached hydrogens (primary N) is 1. The molecule has 3 rings (SSSR count). The standard InChI is InChI=1S/C17H18N4O4/c1-22-11-6-5-10(7-12(11)23-2)13-15(8-18)14(20)21-17(24-3,25-4)16(13,15)9-19/h5-7,13H,1-4H3,(H2,20,21)/p+1/t13-,15+,16+/m0/s1. The lowest BCUT2D eigenvalue weighted by Crippen LogP contribution is -2.90. The Morgan fingerprint density at radius 1 is 1.04 bits per heavy atom. The van der Waals surface area contributed by atoms with Crippen LogP contribution in [0, 0.1) is 33.5 Å². The molecule has 1 aliphatic heterocycles. The van der Waals surface area contributed by atoms with Crippen LogP contribution in [0.5, 0.6) is 11.5 Å². The molecule has 130 valence electrons. The minimum atomic E-state index is -1.51. The molecular formula is C17H19N4O4+. The normalized spacial score (nSPS) is 31.3. The first kappa shape index (κ1) is 17.0. The molecule has 1 fully saturated rings. The van der Waals surface area contributed by atoms with Crippen LogP contribution in [0.3, 0.4) is 0 Å². The largest absolute Gasteiger partial charge is 0.493 e. The van der Waals surface area contributed by atoms with Crippen molar-refractivity contribution in [2.75, 3.05) is 28.4 Å². The number of ether oxygens (including phenoxy) is 4. The molecule has 2 aliphatic rings. The van der Waals surface area contributed by atoms with Crippen molar-refractivity contribution in [3.05, 3.63) is 23.8 Å². The number of benzene rings is 1. The van der Waals surface area contributed by atoms with Crippen LogP contribution in [0.25, 0.3) is 0 Å². The number of fused-ring (bicyclic) bond motifs is 1. The predicted octanol–water partition coefficient (Wildman–Crippen LogP) is -0.781. The Hall–Kier alpha value is -2.81.